The maximum absolute atomic E-state index is 12.3. The van der Waals surface area contributed by atoms with Crippen molar-refractivity contribution >= 4 is 11.9 Å². The number of likely N-dealkylation sites (tertiary alicyclic amines) is 1. The van der Waals surface area contributed by atoms with Gasteiger partial charge in [0.05, 0.1) is 5.92 Å². The SMILES string of the molecule is Cc1ccc(-c2cc(C(=O)N3CCC(C(=O)O)C3)n[nH]2)o1. The molecule has 7 heteroatoms. The normalized spacial score (nSPS) is 18.1. The van der Waals surface area contributed by atoms with Crippen LogP contribution in [0.25, 0.3) is 11.5 Å². The highest BCUT2D eigenvalue weighted by Crippen LogP contribution is 2.22. The number of aromatic amines is 1. The van der Waals surface area contributed by atoms with Crippen LogP contribution in [0.2, 0.25) is 0 Å². The van der Waals surface area contributed by atoms with Gasteiger partial charge in [0.1, 0.15) is 11.5 Å². The van der Waals surface area contributed by atoms with Crippen LogP contribution >= 0.6 is 0 Å². The molecule has 1 atom stereocenters. The van der Waals surface area contributed by atoms with Crippen LogP contribution in [-0.2, 0) is 4.79 Å². The summed E-state index contributed by atoms with van der Waals surface area (Å²) in [5, 5.41) is 15.7. The van der Waals surface area contributed by atoms with E-state index >= 15 is 0 Å². The Kier molecular flexibility index (Phi) is 3.25. The number of hydrogen-bond donors (Lipinski definition) is 2. The summed E-state index contributed by atoms with van der Waals surface area (Å²) in [6.07, 6.45) is 0.482. The van der Waals surface area contributed by atoms with Crippen molar-refractivity contribution in [2.24, 2.45) is 5.92 Å². The number of nitrogens with one attached hydrogen (secondary N) is 1. The molecule has 0 aliphatic carbocycles. The molecule has 1 unspecified atom stereocenters. The average Bonchev–Trinajstić information content (AvgIpc) is 3.17. The molecule has 0 bridgehead atoms. The van der Waals surface area contributed by atoms with Gasteiger partial charge in [-0.2, -0.15) is 5.10 Å². The van der Waals surface area contributed by atoms with E-state index in [4.69, 9.17) is 9.52 Å². The molecule has 21 heavy (non-hydrogen) atoms. The maximum Gasteiger partial charge on any atom is 0.308 e. The molecule has 3 heterocycles. The van der Waals surface area contributed by atoms with E-state index in [9.17, 15) is 9.59 Å². The lowest BCUT2D eigenvalue weighted by Crippen LogP contribution is -2.30. The van der Waals surface area contributed by atoms with Gasteiger partial charge in [0.15, 0.2) is 11.5 Å². The van der Waals surface area contributed by atoms with Crippen molar-refractivity contribution in [2.75, 3.05) is 13.1 Å². The van der Waals surface area contributed by atoms with Crippen molar-refractivity contribution in [1.29, 1.82) is 0 Å². The zero-order valence-corrected chi connectivity index (χ0v) is 11.5. The van der Waals surface area contributed by atoms with Crippen molar-refractivity contribution in [3.05, 3.63) is 29.7 Å². The van der Waals surface area contributed by atoms with Gasteiger partial charge in [-0.15, -0.1) is 0 Å². The lowest BCUT2D eigenvalue weighted by Gasteiger charge is -2.13. The molecule has 1 amide bonds. The Morgan fingerprint density at radius 3 is 2.90 bits per heavy atom. The fourth-order valence-electron chi connectivity index (χ4n) is 2.45. The average molecular weight is 289 g/mol. The van der Waals surface area contributed by atoms with Crippen LogP contribution in [0, 0.1) is 12.8 Å². The van der Waals surface area contributed by atoms with Crippen LogP contribution < -0.4 is 0 Å². The van der Waals surface area contributed by atoms with E-state index < -0.39 is 11.9 Å². The van der Waals surface area contributed by atoms with E-state index in [1.807, 2.05) is 13.0 Å². The van der Waals surface area contributed by atoms with E-state index in [1.54, 1.807) is 12.1 Å². The summed E-state index contributed by atoms with van der Waals surface area (Å²) in [6.45, 7) is 2.51. The second-order valence-corrected chi connectivity index (χ2v) is 5.15. The summed E-state index contributed by atoms with van der Waals surface area (Å²) >= 11 is 0. The molecule has 1 aliphatic rings. The second-order valence-electron chi connectivity index (χ2n) is 5.15. The van der Waals surface area contributed by atoms with Gasteiger partial charge in [0.2, 0.25) is 0 Å². The van der Waals surface area contributed by atoms with Crippen LogP contribution in [0.4, 0.5) is 0 Å². The second kappa shape index (κ2) is 5.08. The minimum absolute atomic E-state index is 0.232. The number of carboxylic acid groups (broad SMARTS) is 1. The number of aromatic nitrogens is 2. The van der Waals surface area contributed by atoms with Gasteiger partial charge in [-0.3, -0.25) is 14.7 Å². The Morgan fingerprint density at radius 1 is 1.48 bits per heavy atom. The standard InChI is InChI=1S/C14H15N3O4/c1-8-2-3-12(21-8)10-6-11(16-15-10)13(18)17-5-4-9(7-17)14(19)20/h2-3,6,9H,4-5,7H2,1H3,(H,15,16)(H,19,20). The number of aliphatic carboxylic acids is 1. The van der Waals surface area contributed by atoms with Crippen molar-refractivity contribution in [1.82, 2.24) is 15.1 Å². The summed E-state index contributed by atoms with van der Waals surface area (Å²) in [5.41, 5.74) is 0.894. The smallest absolute Gasteiger partial charge is 0.308 e. The Labute approximate surface area is 120 Å². The summed E-state index contributed by atoms with van der Waals surface area (Å²) in [6, 6.07) is 5.25. The Morgan fingerprint density at radius 2 is 2.29 bits per heavy atom. The van der Waals surface area contributed by atoms with Gasteiger partial charge in [0.25, 0.3) is 5.91 Å². The van der Waals surface area contributed by atoms with Crippen LogP contribution in [0.3, 0.4) is 0 Å². The molecule has 1 aliphatic heterocycles. The van der Waals surface area contributed by atoms with Crippen LogP contribution in [-0.4, -0.2) is 45.2 Å². The fraction of sp³-hybridized carbons (Fsp3) is 0.357. The van der Waals surface area contributed by atoms with Crippen molar-refractivity contribution in [2.45, 2.75) is 13.3 Å². The predicted octanol–water partition coefficient (Wildman–Crippen LogP) is 1.52. The van der Waals surface area contributed by atoms with Gasteiger partial charge < -0.3 is 14.4 Å². The number of carbonyl (C=O) groups is 2. The molecule has 0 spiro atoms. The highest BCUT2D eigenvalue weighted by Gasteiger charge is 2.32. The quantitative estimate of drug-likeness (QED) is 0.892. The van der Waals surface area contributed by atoms with Crippen LogP contribution in [0.15, 0.2) is 22.6 Å². The molecule has 0 radical (unpaired) electrons. The Balaban J connectivity index is 1.74. The van der Waals surface area contributed by atoms with Crippen molar-refractivity contribution < 1.29 is 19.1 Å². The first-order valence-corrected chi connectivity index (χ1v) is 6.69. The van der Waals surface area contributed by atoms with Gasteiger partial charge >= 0.3 is 5.97 Å². The monoisotopic (exact) mass is 289 g/mol. The fourth-order valence-corrected chi connectivity index (χ4v) is 2.45. The van der Waals surface area contributed by atoms with E-state index in [0.717, 1.165) is 5.76 Å². The molecule has 1 fully saturated rings. The number of amides is 1. The summed E-state index contributed by atoms with van der Waals surface area (Å²) < 4.78 is 5.46. The summed E-state index contributed by atoms with van der Waals surface area (Å²) in [4.78, 5) is 24.7. The first-order chi connectivity index (χ1) is 10.0. The van der Waals surface area contributed by atoms with Gasteiger partial charge in [0, 0.05) is 19.2 Å². The van der Waals surface area contributed by atoms with Gasteiger partial charge in [-0.05, 0) is 25.5 Å². The van der Waals surface area contributed by atoms with Gasteiger partial charge in [-0.25, -0.2) is 0 Å². The van der Waals surface area contributed by atoms with Crippen LogP contribution in [0.1, 0.15) is 22.7 Å². The topological polar surface area (TPSA) is 99.4 Å². The van der Waals surface area contributed by atoms with Crippen LogP contribution in [0.5, 0.6) is 0 Å². The number of H-pyrrole nitrogens is 1. The molecule has 0 saturated carbocycles. The van der Waals surface area contributed by atoms with Gasteiger partial charge in [-0.1, -0.05) is 0 Å². The third-order valence-corrected chi connectivity index (χ3v) is 3.63. The predicted molar refractivity (Wildman–Crippen MR) is 72.7 cm³/mol. The van der Waals surface area contributed by atoms with E-state index in [1.165, 1.54) is 4.90 Å². The first-order valence-electron chi connectivity index (χ1n) is 6.69. The zero-order valence-electron chi connectivity index (χ0n) is 11.5. The van der Waals surface area contributed by atoms with E-state index in [2.05, 4.69) is 10.2 Å². The molecule has 2 aromatic heterocycles. The number of hydrogen-bond acceptors (Lipinski definition) is 4. The third-order valence-electron chi connectivity index (χ3n) is 3.63. The molecule has 2 N–H and O–H groups in total. The molecule has 2 aromatic rings. The largest absolute Gasteiger partial charge is 0.481 e. The number of rotatable bonds is 3. The van der Waals surface area contributed by atoms with Crippen molar-refractivity contribution in [3.63, 3.8) is 0 Å². The molecule has 1 saturated heterocycles. The number of carboxylic acids is 1. The minimum atomic E-state index is -0.862. The number of carbonyl (C=O) groups excluding carboxylic acids is 1. The lowest BCUT2D eigenvalue weighted by atomic mass is 10.1. The number of aryl methyl sites for hydroxylation is 1. The summed E-state index contributed by atoms with van der Waals surface area (Å²) in [5.74, 6) is -0.219. The molecular formula is C14H15N3O4. The molecule has 3 rings (SSSR count). The third kappa shape index (κ3) is 2.54. The summed E-state index contributed by atoms with van der Waals surface area (Å²) in [7, 11) is 0. The maximum atomic E-state index is 12.3. The molecule has 7 nitrogen and oxygen atoms in total. The Hall–Kier alpha value is -2.57. The highest BCUT2D eigenvalue weighted by atomic mass is 16.4. The van der Waals surface area contributed by atoms with E-state index in [0.29, 0.717) is 24.4 Å². The minimum Gasteiger partial charge on any atom is -0.481 e. The highest BCUT2D eigenvalue weighted by molar-refractivity contribution is 5.93. The molecule has 0 aromatic carbocycles. The van der Waals surface area contributed by atoms with E-state index in [-0.39, 0.29) is 18.1 Å². The molecular weight excluding hydrogens is 274 g/mol. The number of furan rings is 1. The zero-order chi connectivity index (χ0) is 15.0. The van der Waals surface area contributed by atoms with Crippen molar-refractivity contribution in [3.8, 4) is 11.5 Å². The first kappa shape index (κ1) is 13.4. The number of nitrogens with zero attached hydrogens (tertiary/aromatic N) is 2. The molecule has 110 valence electrons. The lowest BCUT2D eigenvalue weighted by molar-refractivity contribution is -0.141. The Bertz CT molecular complexity index is 688.